The molecule has 1 aliphatic heterocycles. The molecule has 1 heterocycles. The van der Waals surface area contributed by atoms with Crippen LogP contribution in [0.3, 0.4) is 0 Å². The maximum absolute atomic E-state index is 13.2. The van der Waals surface area contributed by atoms with Gasteiger partial charge >= 0.3 is 0 Å². The van der Waals surface area contributed by atoms with Crippen LogP contribution >= 0.6 is 0 Å². The topological polar surface area (TPSA) is 96.3 Å². The second-order valence-electron chi connectivity index (χ2n) is 8.39. The van der Waals surface area contributed by atoms with Crippen molar-refractivity contribution in [2.75, 3.05) is 20.8 Å². The molecule has 0 aromatic heterocycles. The van der Waals surface area contributed by atoms with E-state index in [9.17, 15) is 19.8 Å². The highest BCUT2D eigenvalue weighted by atomic mass is 16.5. The fourth-order valence-electron chi connectivity index (χ4n) is 4.30. The number of rotatable bonds is 7. The lowest BCUT2D eigenvalue weighted by molar-refractivity contribution is -0.139. The van der Waals surface area contributed by atoms with E-state index in [1.54, 1.807) is 44.6 Å². The second kappa shape index (κ2) is 9.93. The predicted octanol–water partition coefficient (Wildman–Crippen LogP) is 4.38. The molecular formula is C28H27NO6. The van der Waals surface area contributed by atoms with E-state index in [0.717, 1.165) is 11.1 Å². The molecule has 0 bridgehead atoms. The number of nitrogens with zero attached hydrogens (tertiary/aromatic N) is 1. The number of likely N-dealkylation sites (tertiary alicyclic amines) is 1. The molecule has 3 aromatic carbocycles. The Morgan fingerprint density at radius 2 is 1.66 bits per heavy atom. The number of aliphatic hydroxyl groups excluding tert-OH is 1. The fourth-order valence-corrected chi connectivity index (χ4v) is 4.30. The predicted molar refractivity (Wildman–Crippen MR) is 132 cm³/mol. The number of ether oxygens (including phenoxy) is 2. The number of ketones is 1. The lowest BCUT2D eigenvalue weighted by Crippen LogP contribution is -2.31. The minimum absolute atomic E-state index is 0.00300. The number of aryl methyl sites for hydroxylation is 1. The number of phenolic OH excluding ortho intramolecular Hbond substituents is 1. The molecule has 0 unspecified atom stereocenters. The molecule has 3 aromatic rings. The highest BCUT2D eigenvalue weighted by Crippen LogP contribution is 2.40. The van der Waals surface area contributed by atoms with Gasteiger partial charge in [0.2, 0.25) is 0 Å². The van der Waals surface area contributed by atoms with Crippen LogP contribution in [0.25, 0.3) is 5.76 Å². The first kappa shape index (κ1) is 23.9. The van der Waals surface area contributed by atoms with E-state index < -0.39 is 17.7 Å². The van der Waals surface area contributed by atoms with E-state index in [1.807, 2.05) is 31.2 Å². The first-order chi connectivity index (χ1) is 16.8. The molecule has 7 heteroatoms. The third kappa shape index (κ3) is 4.71. The van der Waals surface area contributed by atoms with Gasteiger partial charge in [-0.1, -0.05) is 48.0 Å². The van der Waals surface area contributed by atoms with Crippen LogP contribution in [-0.2, 0) is 16.0 Å². The molecule has 1 amide bonds. The molecule has 1 aliphatic rings. The molecule has 0 spiro atoms. The van der Waals surface area contributed by atoms with Gasteiger partial charge in [-0.25, -0.2) is 0 Å². The smallest absolute Gasteiger partial charge is 0.295 e. The summed E-state index contributed by atoms with van der Waals surface area (Å²) < 4.78 is 10.7. The Kier molecular flexibility index (Phi) is 6.78. The van der Waals surface area contributed by atoms with Crippen LogP contribution in [0.1, 0.15) is 28.3 Å². The van der Waals surface area contributed by atoms with E-state index in [2.05, 4.69) is 0 Å². The largest absolute Gasteiger partial charge is 0.508 e. The number of methoxy groups -OCH3 is 2. The van der Waals surface area contributed by atoms with Crippen LogP contribution in [0, 0.1) is 6.92 Å². The van der Waals surface area contributed by atoms with Crippen LogP contribution in [0.2, 0.25) is 0 Å². The summed E-state index contributed by atoms with van der Waals surface area (Å²) in [4.78, 5) is 27.7. The maximum Gasteiger partial charge on any atom is 0.295 e. The number of Topliss-reactive ketones (excluding diaryl/α,β-unsaturated/α-hetero) is 1. The molecule has 180 valence electrons. The van der Waals surface area contributed by atoms with Crippen LogP contribution in [0.15, 0.2) is 72.3 Å². The van der Waals surface area contributed by atoms with Crippen LogP contribution in [0.4, 0.5) is 0 Å². The Morgan fingerprint density at radius 1 is 0.943 bits per heavy atom. The summed E-state index contributed by atoms with van der Waals surface area (Å²) in [6.45, 7) is 2.13. The fraction of sp³-hybridized carbons (Fsp3) is 0.214. The Bertz CT molecular complexity index is 1300. The molecule has 7 nitrogen and oxygen atoms in total. The number of carbonyl (C=O) groups excluding carboxylic acids is 2. The van der Waals surface area contributed by atoms with Gasteiger partial charge in [-0.15, -0.1) is 0 Å². The zero-order valence-corrected chi connectivity index (χ0v) is 19.8. The van der Waals surface area contributed by atoms with Gasteiger partial charge in [0.05, 0.1) is 25.8 Å². The summed E-state index contributed by atoms with van der Waals surface area (Å²) in [6.07, 6.45) is 0.438. The van der Waals surface area contributed by atoms with Gasteiger partial charge in [-0.3, -0.25) is 9.59 Å². The average Bonchev–Trinajstić information content (AvgIpc) is 3.12. The number of hydrogen-bond donors (Lipinski definition) is 2. The summed E-state index contributed by atoms with van der Waals surface area (Å²) in [5, 5.41) is 21.2. The van der Waals surface area contributed by atoms with E-state index in [4.69, 9.17) is 9.47 Å². The van der Waals surface area contributed by atoms with Gasteiger partial charge in [0.15, 0.2) is 11.5 Å². The zero-order chi connectivity index (χ0) is 25.1. The minimum Gasteiger partial charge on any atom is -0.508 e. The average molecular weight is 474 g/mol. The van der Waals surface area contributed by atoms with Crippen molar-refractivity contribution in [3.8, 4) is 17.2 Å². The number of amides is 1. The van der Waals surface area contributed by atoms with Gasteiger partial charge in [0.25, 0.3) is 11.7 Å². The molecule has 0 saturated carbocycles. The van der Waals surface area contributed by atoms with Crippen molar-refractivity contribution in [1.29, 1.82) is 0 Å². The standard InChI is InChI=1S/C28H27NO6/c1-17-7-10-19(11-8-17)26(31)24-25(20-5-4-6-21(30)16-20)29(28(33)27(24)32)14-13-18-9-12-22(34-2)23(15-18)35-3/h4-12,15-16,25,30-31H,13-14H2,1-3H3/t25-/m0/s1. The van der Waals surface area contributed by atoms with Crippen LogP contribution in [0.5, 0.6) is 17.2 Å². The van der Waals surface area contributed by atoms with Crippen molar-refractivity contribution >= 4 is 17.4 Å². The molecule has 1 saturated heterocycles. The number of aromatic hydroxyl groups is 1. The lowest BCUT2D eigenvalue weighted by Gasteiger charge is -2.25. The van der Waals surface area contributed by atoms with Crippen molar-refractivity contribution in [2.45, 2.75) is 19.4 Å². The summed E-state index contributed by atoms with van der Waals surface area (Å²) in [6, 6.07) is 18.1. The lowest BCUT2D eigenvalue weighted by atomic mass is 9.94. The summed E-state index contributed by atoms with van der Waals surface area (Å²) in [7, 11) is 3.10. The third-order valence-electron chi connectivity index (χ3n) is 6.14. The molecule has 35 heavy (non-hydrogen) atoms. The summed E-state index contributed by atoms with van der Waals surface area (Å²) in [5.41, 5.74) is 2.86. The second-order valence-corrected chi connectivity index (χ2v) is 8.39. The molecule has 4 rings (SSSR count). The Morgan fingerprint density at radius 3 is 2.31 bits per heavy atom. The first-order valence-electron chi connectivity index (χ1n) is 11.2. The molecular weight excluding hydrogens is 446 g/mol. The van der Waals surface area contributed by atoms with Gasteiger partial charge in [-0.2, -0.15) is 0 Å². The molecule has 2 N–H and O–H groups in total. The first-order valence-corrected chi connectivity index (χ1v) is 11.2. The van der Waals surface area contributed by atoms with Gasteiger partial charge in [-0.05, 0) is 48.7 Å². The van der Waals surface area contributed by atoms with Crippen molar-refractivity contribution in [1.82, 2.24) is 4.90 Å². The minimum atomic E-state index is -0.844. The van der Waals surface area contributed by atoms with Gasteiger partial charge in [0.1, 0.15) is 11.5 Å². The summed E-state index contributed by atoms with van der Waals surface area (Å²) >= 11 is 0. The van der Waals surface area contributed by atoms with Crippen molar-refractivity contribution < 1.29 is 29.3 Å². The Balaban J connectivity index is 1.74. The monoisotopic (exact) mass is 473 g/mol. The Labute approximate surface area is 203 Å². The van der Waals surface area contributed by atoms with E-state index in [1.165, 1.54) is 17.0 Å². The van der Waals surface area contributed by atoms with Crippen molar-refractivity contribution in [2.24, 2.45) is 0 Å². The maximum atomic E-state index is 13.2. The number of aliphatic hydroxyl groups is 1. The van der Waals surface area contributed by atoms with E-state index in [0.29, 0.717) is 29.0 Å². The van der Waals surface area contributed by atoms with E-state index in [-0.39, 0.29) is 23.6 Å². The number of benzene rings is 3. The number of phenols is 1. The molecule has 0 aliphatic carbocycles. The molecule has 1 atom stereocenters. The van der Waals surface area contributed by atoms with Crippen molar-refractivity contribution in [3.05, 3.63) is 94.6 Å². The van der Waals surface area contributed by atoms with Gasteiger partial charge < -0.3 is 24.6 Å². The summed E-state index contributed by atoms with van der Waals surface area (Å²) in [5.74, 6) is -0.546. The molecule has 1 fully saturated rings. The van der Waals surface area contributed by atoms with E-state index >= 15 is 0 Å². The normalized spacial score (nSPS) is 17.0. The number of carbonyl (C=O) groups is 2. The quantitative estimate of drug-likeness (QED) is 0.300. The van der Waals surface area contributed by atoms with Crippen molar-refractivity contribution in [3.63, 3.8) is 0 Å². The third-order valence-corrected chi connectivity index (χ3v) is 6.14. The van der Waals surface area contributed by atoms with Crippen LogP contribution in [-0.4, -0.2) is 47.6 Å². The van der Waals surface area contributed by atoms with Crippen LogP contribution < -0.4 is 9.47 Å². The highest BCUT2D eigenvalue weighted by molar-refractivity contribution is 6.46. The zero-order valence-electron chi connectivity index (χ0n) is 19.8. The highest BCUT2D eigenvalue weighted by Gasteiger charge is 2.45. The Hall–Kier alpha value is -4.26. The number of hydrogen-bond acceptors (Lipinski definition) is 6. The SMILES string of the molecule is COc1ccc(CCN2C(=O)C(=O)C(=C(O)c3ccc(C)cc3)[C@@H]2c2cccc(O)c2)cc1OC. The van der Waals surface area contributed by atoms with Gasteiger partial charge in [0, 0.05) is 12.1 Å². The molecule has 0 radical (unpaired) electrons.